The summed E-state index contributed by atoms with van der Waals surface area (Å²) in [6.45, 7) is 1.09. The number of hydrogen-bond acceptors (Lipinski definition) is 1. The van der Waals surface area contributed by atoms with Gasteiger partial charge in [-0.05, 0) is 37.0 Å². The molecule has 12 heavy (non-hydrogen) atoms. The third kappa shape index (κ3) is 1.10. The first-order chi connectivity index (χ1) is 5.95. The van der Waals surface area contributed by atoms with Crippen molar-refractivity contribution in [1.29, 1.82) is 0 Å². The Morgan fingerprint density at radius 3 is 2.33 bits per heavy atom. The van der Waals surface area contributed by atoms with E-state index in [0.29, 0.717) is 6.10 Å². The Labute approximate surface area is 74.5 Å². The summed E-state index contributed by atoms with van der Waals surface area (Å²) in [6, 6.07) is 0. The van der Waals surface area contributed by atoms with Gasteiger partial charge in [-0.25, -0.2) is 0 Å². The molecule has 0 spiro atoms. The van der Waals surface area contributed by atoms with Crippen LogP contribution in [0.5, 0.6) is 0 Å². The molecular formula is C11H18O. The second-order valence-corrected chi connectivity index (χ2v) is 4.86. The van der Waals surface area contributed by atoms with E-state index in [2.05, 4.69) is 0 Å². The van der Waals surface area contributed by atoms with Gasteiger partial charge in [0.2, 0.25) is 0 Å². The van der Waals surface area contributed by atoms with E-state index in [9.17, 15) is 0 Å². The molecule has 1 nitrogen and oxygen atoms in total. The van der Waals surface area contributed by atoms with E-state index < -0.39 is 0 Å². The highest BCUT2D eigenvalue weighted by molar-refractivity contribution is 4.99. The standard InChI is InChI=1S/C11H18O/c1-2-4-8(5-3-1)11-10-6-9(10)7-12-11/h8-11H,1-7H2/t9-,10-,11-/m0/s1. The van der Waals surface area contributed by atoms with E-state index >= 15 is 0 Å². The van der Waals surface area contributed by atoms with Crippen LogP contribution in [0.15, 0.2) is 0 Å². The van der Waals surface area contributed by atoms with Crippen LogP contribution in [0.3, 0.4) is 0 Å². The molecule has 0 unspecified atom stereocenters. The summed E-state index contributed by atoms with van der Waals surface area (Å²) >= 11 is 0. The zero-order valence-electron chi connectivity index (χ0n) is 7.67. The maximum Gasteiger partial charge on any atom is 0.0635 e. The van der Waals surface area contributed by atoms with Crippen LogP contribution in [0, 0.1) is 17.8 Å². The molecule has 0 amide bonds. The molecule has 1 heteroatoms. The Hall–Kier alpha value is -0.0400. The highest BCUT2D eigenvalue weighted by Gasteiger charge is 2.51. The van der Waals surface area contributed by atoms with Gasteiger partial charge in [0, 0.05) is 0 Å². The summed E-state index contributed by atoms with van der Waals surface area (Å²) in [4.78, 5) is 0. The molecule has 3 fully saturated rings. The van der Waals surface area contributed by atoms with Crippen LogP contribution in [0.2, 0.25) is 0 Å². The van der Waals surface area contributed by atoms with Crippen LogP contribution in [0.1, 0.15) is 38.5 Å². The van der Waals surface area contributed by atoms with Crippen molar-refractivity contribution >= 4 is 0 Å². The molecule has 3 atom stereocenters. The summed E-state index contributed by atoms with van der Waals surface area (Å²) < 4.78 is 5.85. The molecule has 0 bridgehead atoms. The number of hydrogen-bond donors (Lipinski definition) is 0. The minimum Gasteiger partial charge on any atom is -0.377 e. The lowest BCUT2D eigenvalue weighted by atomic mass is 9.83. The third-order valence-corrected chi connectivity index (χ3v) is 4.02. The summed E-state index contributed by atoms with van der Waals surface area (Å²) in [5.74, 6) is 2.92. The quantitative estimate of drug-likeness (QED) is 0.582. The maximum atomic E-state index is 5.85. The lowest BCUT2D eigenvalue weighted by Crippen LogP contribution is -2.25. The van der Waals surface area contributed by atoms with Gasteiger partial charge in [0.25, 0.3) is 0 Å². The van der Waals surface area contributed by atoms with Crippen molar-refractivity contribution in [3.8, 4) is 0 Å². The average molecular weight is 166 g/mol. The van der Waals surface area contributed by atoms with Crippen LogP contribution in [0.4, 0.5) is 0 Å². The van der Waals surface area contributed by atoms with Crippen LogP contribution < -0.4 is 0 Å². The molecule has 1 heterocycles. The van der Waals surface area contributed by atoms with Crippen molar-refractivity contribution in [3.05, 3.63) is 0 Å². The topological polar surface area (TPSA) is 9.23 Å². The maximum absolute atomic E-state index is 5.85. The van der Waals surface area contributed by atoms with Gasteiger partial charge in [-0.15, -0.1) is 0 Å². The first-order valence-corrected chi connectivity index (χ1v) is 5.57. The van der Waals surface area contributed by atoms with Crippen LogP contribution in [0.25, 0.3) is 0 Å². The van der Waals surface area contributed by atoms with Crippen LogP contribution in [-0.2, 0) is 4.74 Å². The fourth-order valence-corrected chi connectivity index (χ4v) is 3.17. The van der Waals surface area contributed by atoms with Crippen LogP contribution in [-0.4, -0.2) is 12.7 Å². The van der Waals surface area contributed by atoms with Gasteiger partial charge in [0.1, 0.15) is 0 Å². The SMILES string of the molecule is C1CCC([C@@H]2OC[C@@H]3C[C@@H]32)CC1. The lowest BCUT2D eigenvalue weighted by Gasteiger charge is -2.27. The monoisotopic (exact) mass is 166 g/mol. The van der Waals surface area contributed by atoms with Crippen LogP contribution >= 0.6 is 0 Å². The molecule has 68 valence electrons. The molecule has 0 radical (unpaired) electrons. The predicted molar refractivity (Wildman–Crippen MR) is 47.9 cm³/mol. The Bertz CT molecular complexity index is 172. The Morgan fingerprint density at radius 1 is 0.917 bits per heavy atom. The van der Waals surface area contributed by atoms with Crippen molar-refractivity contribution in [2.24, 2.45) is 17.8 Å². The Kier molecular flexibility index (Phi) is 1.68. The van der Waals surface area contributed by atoms with E-state index in [1.54, 1.807) is 0 Å². The largest absolute Gasteiger partial charge is 0.377 e. The molecule has 0 aromatic rings. The van der Waals surface area contributed by atoms with Crippen molar-refractivity contribution < 1.29 is 4.74 Å². The van der Waals surface area contributed by atoms with Gasteiger partial charge >= 0.3 is 0 Å². The molecule has 0 N–H and O–H groups in total. The van der Waals surface area contributed by atoms with E-state index in [4.69, 9.17) is 4.74 Å². The number of fused-ring (bicyclic) bond motifs is 1. The van der Waals surface area contributed by atoms with Crippen molar-refractivity contribution in [3.63, 3.8) is 0 Å². The smallest absolute Gasteiger partial charge is 0.0635 e. The molecule has 0 aromatic heterocycles. The highest BCUT2D eigenvalue weighted by atomic mass is 16.5. The Balaban J connectivity index is 1.63. The van der Waals surface area contributed by atoms with Gasteiger partial charge in [0.05, 0.1) is 12.7 Å². The molecule has 2 saturated carbocycles. The third-order valence-electron chi connectivity index (χ3n) is 4.02. The fraction of sp³-hybridized carbons (Fsp3) is 1.00. The van der Waals surface area contributed by atoms with Crippen molar-refractivity contribution in [2.75, 3.05) is 6.61 Å². The van der Waals surface area contributed by atoms with Gasteiger partial charge < -0.3 is 4.74 Å². The second kappa shape index (κ2) is 2.73. The lowest BCUT2D eigenvalue weighted by molar-refractivity contribution is 0.0217. The fourth-order valence-electron chi connectivity index (χ4n) is 3.17. The first kappa shape index (κ1) is 7.37. The number of ether oxygens (including phenoxy) is 1. The van der Waals surface area contributed by atoms with Gasteiger partial charge in [-0.2, -0.15) is 0 Å². The summed E-state index contributed by atoms with van der Waals surface area (Å²) in [6.07, 6.45) is 9.47. The molecule has 3 aliphatic rings. The molecule has 2 aliphatic carbocycles. The van der Waals surface area contributed by atoms with Gasteiger partial charge in [-0.1, -0.05) is 19.3 Å². The van der Waals surface area contributed by atoms with E-state index in [-0.39, 0.29) is 0 Å². The summed E-state index contributed by atoms with van der Waals surface area (Å²) in [5.41, 5.74) is 0. The molecule has 3 rings (SSSR count). The first-order valence-electron chi connectivity index (χ1n) is 5.57. The van der Waals surface area contributed by atoms with E-state index in [1.807, 2.05) is 0 Å². The minimum absolute atomic E-state index is 0.690. The van der Waals surface area contributed by atoms with Gasteiger partial charge in [0.15, 0.2) is 0 Å². The summed E-state index contributed by atoms with van der Waals surface area (Å²) in [7, 11) is 0. The molecular weight excluding hydrogens is 148 g/mol. The van der Waals surface area contributed by atoms with E-state index in [1.165, 1.54) is 38.5 Å². The number of rotatable bonds is 1. The Morgan fingerprint density at radius 2 is 1.75 bits per heavy atom. The second-order valence-electron chi connectivity index (χ2n) is 4.86. The summed E-state index contributed by atoms with van der Waals surface area (Å²) in [5, 5.41) is 0. The zero-order valence-corrected chi connectivity index (χ0v) is 7.67. The minimum atomic E-state index is 0.690. The average Bonchev–Trinajstić information content (AvgIpc) is 2.80. The molecule has 1 saturated heterocycles. The zero-order chi connectivity index (χ0) is 7.97. The van der Waals surface area contributed by atoms with Crippen molar-refractivity contribution in [2.45, 2.75) is 44.6 Å². The normalized spacial score (nSPS) is 47.5. The molecule has 1 aliphatic heterocycles. The highest BCUT2D eigenvalue weighted by Crippen LogP contribution is 2.52. The van der Waals surface area contributed by atoms with Crippen molar-refractivity contribution in [1.82, 2.24) is 0 Å². The van der Waals surface area contributed by atoms with Gasteiger partial charge in [-0.3, -0.25) is 0 Å². The molecule has 0 aromatic carbocycles. The van der Waals surface area contributed by atoms with E-state index in [0.717, 1.165) is 24.4 Å². The predicted octanol–water partition coefficient (Wildman–Crippen LogP) is 2.60.